The van der Waals surface area contributed by atoms with Crippen LogP contribution in [0.5, 0.6) is 17.2 Å². The number of methoxy groups -OCH3 is 1. The summed E-state index contributed by atoms with van der Waals surface area (Å²) in [5, 5.41) is 8.76. The summed E-state index contributed by atoms with van der Waals surface area (Å²) in [4.78, 5) is 17.3. The Kier molecular flexibility index (Phi) is 13.1. The first-order chi connectivity index (χ1) is 18.0. The van der Waals surface area contributed by atoms with Gasteiger partial charge in [-0.15, -0.1) is 23.5 Å². The lowest BCUT2D eigenvalue weighted by Crippen LogP contribution is -2.08. The molecule has 0 aliphatic carbocycles. The molecule has 1 atom stereocenters. The zero-order valence-corrected chi connectivity index (χ0v) is 22.8. The van der Waals surface area contributed by atoms with Crippen LogP contribution in [-0.2, 0) is 4.79 Å². The zero-order valence-electron chi connectivity index (χ0n) is 21.2. The van der Waals surface area contributed by atoms with Crippen LogP contribution in [0.15, 0.2) is 75.4 Å². The molecule has 3 aromatic carbocycles. The number of benzene rings is 3. The summed E-state index contributed by atoms with van der Waals surface area (Å²) in [5.41, 5.74) is 7.68. The van der Waals surface area contributed by atoms with Crippen LogP contribution in [0.3, 0.4) is 0 Å². The number of nitrogens with two attached hydrogens (primary N) is 1. The largest absolute Gasteiger partial charge is 0.493 e. The highest BCUT2D eigenvalue weighted by Gasteiger charge is 2.15. The summed E-state index contributed by atoms with van der Waals surface area (Å²) < 4.78 is 16.5. The van der Waals surface area contributed by atoms with Gasteiger partial charge in [0.25, 0.3) is 0 Å². The summed E-state index contributed by atoms with van der Waals surface area (Å²) in [6.45, 7) is 8.11. The molecule has 0 fully saturated rings. The van der Waals surface area contributed by atoms with Gasteiger partial charge in [0.05, 0.1) is 35.9 Å². The molecule has 194 valence electrons. The van der Waals surface area contributed by atoms with Crippen LogP contribution in [0.4, 0.5) is 5.69 Å². The molecule has 0 saturated heterocycles. The summed E-state index contributed by atoms with van der Waals surface area (Å²) in [5.74, 6) is 3.40. The van der Waals surface area contributed by atoms with Crippen molar-refractivity contribution < 1.29 is 19.0 Å². The van der Waals surface area contributed by atoms with Gasteiger partial charge in [0.2, 0.25) is 0 Å². The van der Waals surface area contributed by atoms with Crippen LogP contribution >= 0.6 is 23.5 Å². The van der Waals surface area contributed by atoms with E-state index in [1.165, 1.54) is 16.7 Å². The molecule has 0 aliphatic heterocycles. The fraction of sp³-hybridized carbons (Fsp3) is 0.250. The van der Waals surface area contributed by atoms with E-state index in [0.717, 1.165) is 28.2 Å². The van der Waals surface area contributed by atoms with E-state index in [2.05, 4.69) is 18.6 Å². The molecule has 0 saturated carbocycles. The van der Waals surface area contributed by atoms with Crippen molar-refractivity contribution in [3.8, 4) is 23.3 Å². The molecule has 0 heterocycles. The zero-order chi connectivity index (χ0) is 27.0. The molecule has 0 aromatic heterocycles. The number of hydrogen-bond acceptors (Lipinski definition) is 9. The Hall–Kier alpha value is -3.45. The molecule has 9 heteroatoms. The SMILES string of the molecule is C=Nc1ccc(OC)c(OCC)c1SCN.CCSc1ccc(C(C=O)Oc2ccc(C#N)cc2)cc1. The van der Waals surface area contributed by atoms with E-state index >= 15 is 0 Å². The number of ether oxygens (including phenoxy) is 3. The minimum atomic E-state index is -0.640. The minimum absolute atomic E-state index is 0.454. The number of nitriles is 1. The van der Waals surface area contributed by atoms with Crippen molar-refractivity contribution in [2.24, 2.45) is 10.7 Å². The standard InChI is InChI=1S/C17H15NO2S.C11H16N2O2S/c1-2-21-16-9-5-14(6-10-16)17(12-19)20-15-7-3-13(11-18)4-8-15;1-4-15-10-9(14-3)6-5-8(13-2)11(10)16-7-12/h3-10,12,17H,2H2,1H3;5-6H,2,4,7,12H2,1,3H3. The van der Waals surface area contributed by atoms with Crippen molar-refractivity contribution >= 4 is 42.2 Å². The lowest BCUT2D eigenvalue weighted by Gasteiger charge is -2.14. The van der Waals surface area contributed by atoms with E-state index in [1.54, 1.807) is 43.1 Å². The molecule has 7 nitrogen and oxygen atoms in total. The van der Waals surface area contributed by atoms with Crippen LogP contribution in [-0.4, -0.2) is 38.3 Å². The number of hydrogen-bond donors (Lipinski definition) is 1. The highest BCUT2D eigenvalue weighted by molar-refractivity contribution is 7.99. The lowest BCUT2D eigenvalue weighted by atomic mass is 10.1. The van der Waals surface area contributed by atoms with Crippen molar-refractivity contribution in [3.63, 3.8) is 0 Å². The Morgan fingerprint density at radius 3 is 2.30 bits per heavy atom. The Labute approximate surface area is 227 Å². The third-order valence-corrected chi connectivity index (χ3v) is 6.60. The number of aliphatic imine (C=N–C) groups is 1. The third-order valence-electron chi connectivity index (χ3n) is 4.85. The number of nitrogens with zero attached hydrogens (tertiary/aromatic N) is 2. The number of rotatable bonds is 12. The van der Waals surface area contributed by atoms with Crippen LogP contribution in [0.2, 0.25) is 0 Å². The minimum Gasteiger partial charge on any atom is -0.493 e. The Bertz CT molecular complexity index is 1180. The van der Waals surface area contributed by atoms with Gasteiger partial charge in [-0.05, 0) is 73.5 Å². The van der Waals surface area contributed by atoms with E-state index in [4.69, 9.17) is 25.2 Å². The van der Waals surface area contributed by atoms with Crippen LogP contribution in [0.1, 0.15) is 31.1 Å². The van der Waals surface area contributed by atoms with Gasteiger partial charge in [-0.1, -0.05) is 19.1 Å². The summed E-state index contributed by atoms with van der Waals surface area (Å²) in [6, 6.07) is 20.2. The number of carbonyl (C=O) groups excluding carboxylic acids is 1. The second-order valence-electron chi connectivity index (χ2n) is 7.16. The third kappa shape index (κ3) is 8.86. The quantitative estimate of drug-likeness (QED) is 0.122. The fourth-order valence-electron chi connectivity index (χ4n) is 3.17. The monoisotopic (exact) mass is 537 g/mol. The van der Waals surface area contributed by atoms with Gasteiger partial charge < -0.3 is 19.9 Å². The molecular formula is C28H31N3O4S2. The maximum atomic E-state index is 11.3. The average molecular weight is 538 g/mol. The van der Waals surface area contributed by atoms with Gasteiger partial charge in [0.1, 0.15) is 5.75 Å². The predicted octanol–water partition coefficient (Wildman–Crippen LogP) is 6.42. The van der Waals surface area contributed by atoms with Gasteiger partial charge in [-0.25, -0.2) is 0 Å². The van der Waals surface area contributed by atoms with Crippen molar-refractivity contribution in [2.45, 2.75) is 29.7 Å². The van der Waals surface area contributed by atoms with Crippen molar-refractivity contribution in [1.29, 1.82) is 5.26 Å². The van der Waals surface area contributed by atoms with Gasteiger partial charge in [0.15, 0.2) is 23.9 Å². The first-order valence-electron chi connectivity index (χ1n) is 11.5. The Morgan fingerprint density at radius 1 is 1.08 bits per heavy atom. The first-order valence-corrected chi connectivity index (χ1v) is 13.5. The van der Waals surface area contributed by atoms with Crippen molar-refractivity contribution in [2.75, 3.05) is 25.3 Å². The van der Waals surface area contributed by atoms with Gasteiger partial charge in [0, 0.05) is 10.8 Å². The molecule has 0 radical (unpaired) electrons. The maximum Gasteiger partial charge on any atom is 0.179 e. The highest BCUT2D eigenvalue weighted by Crippen LogP contribution is 2.43. The summed E-state index contributed by atoms with van der Waals surface area (Å²) >= 11 is 3.21. The van der Waals surface area contributed by atoms with E-state index in [1.807, 2.05) is 49.4 Å². The topological polar surface area (TPSA) is 107 Å². The van der Waals surface area contributed by atoms with Crippen molar-refractivity contribution in [3.05, 3.63) is 71.8 Å². The smallest absolute Gasteiger partial charge is 0.179 e. The number of aldehydes is 1. The molecule has 3 aromatic rings. The lowest BCUT2D eigenvalue weighted by molar-refractivity contribution is -0.113. The maximum absolute atomic E-state index is 11.3. The van der Waals surface area contributed by atoms with Crippen LogP contribution < -0.4 is 19.9 Å². The normalized spacial score (nSPS) is 10.8. The van der Waals surface area contributed by atoms with E-state index in [0.29, 0.717) is 35.3 Å². The first kappa shape index (κ1) is 29.8. The molecule has 0 aliphatic rings. The predicted molar refractivity (Wildman–Crippen MR) is 152 cm³/mol. The molecular weight excluding hydrogens is 506 g/mol. The van der Waals surface area contributed by atoms with E-state index < -0.39 is 6.10 Å². The van der Waals surface area contributed by atoms with Crippen LogP contribution in [0, 0.1) is 11.3 Å². The fourth-order valence-corrected chi connectivity index (χ4v) is 4.57. The molecule has 0 amide bonds. The van der Waals surface area contributed by atoms with Gasteiger partial charge in [-0.2, -0.15) is 5.26 Å². The Morgan fingerprint density at radius 2 is 1.78 bits per heavy atom. The van der Waals surface area contributed by atoms with Crippen LogP contribution in [0.25, 0.3) is 0 Å². The molecule has 1 unspecified atom stereocenters. The Balaban J connectivity index is 0.000000271. The number of thioether (sulfide) groups is 2. The average Bonchev–Trinajstić information content (AvgIpc) is 2.94. The second kappa shape index (κ2) is 16.3. The van der Waals surface area contributed by atoms with Crippen molar-refractivity contribution in [1.82, 2.24) is 0 Å². The van der Waals surface area contributed by atoms with E-state index in [9.17, 15) is 4.79 Å². The molecule has 37 heavy (non-hydrogen) atoms. The molecule has 2 N–H and O–H groups in total. The highest BCUT2D eigenvalue weighted by atomic mass is 32.2. The molecule has 0 bridgehead atoms. The van der Waals surface area contributed by atoms with Gasteiger partial charge >= 0.3 is 0 Å². The van der Waals surface area contributed by atoms with E-state index in [-0.39, 0.29) is 0 Å². The van der Waals surface area contributed by atoms with Gasteiger partial charge in [-0.3, -0.25) is 9.79 Å². The molecule has 3 rings (SSSR count). The summed E-state index contributed by atoms with van der Waals surface area (Å²) in [6.07, 6.45) is 0.138. The molecule has 0 spiro atoms. The summed E-state index contributed by atoms with van der Waals surface area (Å²) in [7, 11) is 1.61. The second-order valence-corrected chi connectivity index (χ2v) is 9.53. The number of carbonyl (C=O) groups is 1.